The molecule has 2 rings (SSSR count). The Labute approximate surface area is 124 Å². The molecular weight excluding hydrogens is 268 g/mol. The van der Waals surface area contributed by atoms with Gasteiger partial charge in [-0.15, -0.1) is 0 Å². The minimum absolute atomic E-state index is 0.449. The molecule has 0 N–H and O–H groups in total. The monoisotopic (exact) mass is 288 g/mol. The van der Waals surface area contributed by atoms with Crippen molar-refractivity contribution >= 4 is 6.29 Å². The Morgan fingerprint density at radius 2 is 2.05 bits per heavy atom. The van der Waals surface area contributed by atoms with Gasteiger partial charge in [0.05, 0.1) is 19.8 Å². The summed E-state index contributed by atoms with van der Waals surface area (Å²) in [7, 11) is 3.20. The zero-order chi connectivity index (χ0) is 15.4. The van der Waals surface area contributed by atoms with E-state index in [0.717, 1.165) is 18.4 Å². The second kappa shape index (κ2) is 6.43. The summed E-state index contributed by atoms with van der Waals surface area (Å²) in [5, 5.41) is 4.53. The van der Waals surface area contributed by atoms with Gasteiger partial charge < -0.3 is 9.47 Å². The highest BCUT2D eigenvalue weighted by molar-refractivity contribution is 5.87. The minimum atomic E-state index is 0.449. The Balaban J connectivity index is 2.54. The molecule has 2 aromatic rings. The molecule has 0 aliphatic carbocycles. The van der Waals surface area contributed by atoms with Crippen LogP contribution in [0.3, 0.4) is 0 Å². The number of hydrogen-bond acceptors (Lipinski definition) is 4. The van der Waals surface area contributed by atoms with Crippen molar-refractivity contribution in [2.24, 2.45) is 5.92 Å². The first kappa shape index (κ1) is 15.1. The van der Waals surface area contributed by atoms with Gasteiger partial charge in [-0.3, -0.25) is 9.48 Å². The lowest BCUT2D eigenvalue weighted by atomic mass is 10.1. The van der Waals surface area contributed by atoms with Gasteiger partial charge in [0.1, 0.15) is 17.2 Å². The maximum atomic E-state index is 11.3. The number of carbonyl (C=O) groups excluding carboxylic acids is 1. The summed E-state index contributed by atoms with van der Waals surface area (Å²) in [6.07, 6.45) is 2.58. The van der Waals surface area contributed by atoms with Crippen LogP contribution in [0.2, 0.25) is 0 Å². The van der Waals surface area contributed by atoms with Crippen molar-refractivity contribution in [2.75, 3.05) is 14.2 Å². The van der Waals surface area contributed by atoms with Crippen LogP contribution < -0.4 is 9.47 Å². The smallest absolute Gasteiger partial charge is 0.153 e. The van der Waals surface area contributed by atoms with E-state index >= 15 is 0 Å². The maximum Gasteiger partial charge on any atom is 0.153 e. The molecule has 0 amide bonds. The Bertz CT molecular complexity index is 632. The number of methoxy groups -OCH3 is 2. The summed E-state index contributed by atoms with van der Waals surface area (Å²) in [4.78, 5) is 11.3. The van der Waals surface area contributed by atoms with Gasteiger partial charge in [0.2, 0.25) is 0 Å². The van der Waals surface area contributed by atoms with Crippen LogP contribution in [0.15, 0.2) is 24.4 Å². The standard InChI is InChI=1S/C16H20N2O3/c1-11(2)8-18-9-12(10-19)16(17-18)14-7-13(20-3)5-6-15(14)21-4/h5-7,9-11H,8H2,1-4H3. The number of nitrogens with zero attached hydrogens (tertiary/aromatic N) is 2. The molecule has 0 saturated carbocycles. The molecule has 0 radical (unpaired) electrons. The second-order valence-corrected chi connectivity index (χ2v) is 5.23. The van der Waals surface area contributed by atoms with Gasteiger partial charge in [0.15, 0.2) is 6.29 Å². The van der Waals surface area contributed by atoms with Crippen molar-refractivity contribution in [3.05, 3.63) is 30.0 Å². The molecular formula is C16H20N2O3. The van der Waals surface area contributed by atoms with Crippen LogP contribution in [0.25, 0.3) is 11.3 Å². The van der Waals surface area contributed by atoms with E-state index in [-0.39, 0.29) is 0 Å². The zero-order valence-corrected chi connectivity index (χ0v) is 12.8. The summed E-state index contributed by atoms with van der Waals surface area (Å²) in [5.74, 6) is 1.80. The Hall–Kier alpha value is -2.30. The first-order chi connectivity index (χ1) is 10.1. The van der Waals surface area contributed by atoms with Gasteiger partial charge in [-0.05, 0) is 24.1 Å². The molecule has 1 heterocycles. The number of carbonyl (C=O) groups is 1. The number of hydrogen-bond donors (Lipinski definition) is 0. The highest BCUT2D eigenvalue weighted by Gasteiger charge is 2.16. The van der Waals surface area contributed by atoms with Crippen molar-refractivity contribution in [1.82, 2.24) is 9.78 Å². The van der Waals surface area contributed by atoms with E-state index in [1.807, 2.05) is 18.2 Å². The molecule has 0 spiro atoms. The average Bonchev–Trinajstić information content (AvgIpc) is 2.88. The number of rotatable bonds is 6. The summed E-state index contributed by atoms with van der Waals surface area (Å²) in [6, 6.07) is 5.45. The molecule has 112 valence electrons. The molecule has 0 unspecified atom stereocenters. The second-order valence-electron chi connectivity index (χ2n) is 5.23. The predicted molar refractivity (Wildman–Crippen MR) is 81.0 cm³/mol. The molecule has 0 atom stereocenters. The van der Waals surface area contributed by atoms with Crippen LogP contribution in [0, 0.1) is 5.92 Å². The molecule has 0 saturated heterocycles. The van der Waals surface area contributed by atoms with Gasteiger partial charge in [0, 0.05) is 18.3 Å². The van der Waals surface area contributed by atoms with Gasteiger partial charge in [-0.1, -0.05) is 13.8 Å². The summed E-state index contributed by atoms with van der Waals surface area (Å²) >= 11 is 0. The van der Waals surface area contributed by atoms with Gasteiger partial charge >= 0.3 is 0 Å². The van der Waals surface area contributed by atoms with Crippen molar-refractivity contribution in [3.63, 3.8) is 0 Å². The fourth-order valence-electron chi connectivity index (χ4n) is 2.20. The summed E-state index contributed by atoms with van der Waals surface area (Å²) in [5.41, 5.74) is 1.91. The van der Waals surface area contributed by atoms with E-state index in [2.05, 4.69) is 18.9 Å². The highest BCUT2D eigenvalue weighted by atomic mass is 16.5. The van der Waals surface area contributed by atoms with E-state index in [4.69, 9.17) is 9.47 Å². The largest absolute Gasteiger partial charge is 0.497 e. The van der Waals surface area contributed by atoms with Gasteiger partial charge in [0.25, 0.3) is 0 Å². The zero-order valence-electron chi connectivity index (χ0n) is 12.8. The molecule has 0 aliphatic rings. The molecule has 21 heavy (non-hydrogen) atoms. The molecule has 1 aromatic carbocycles. The van der Waals surface area contributed by atoms with Crippen molar-refractivity contribution in [1.29, 1.82) is 0 Å². The van der Waals surface area contributed by atoms with E-state index in [1.54, 1.807) is 25.1 Å². The Morgan fingerprint density at radius 1 is 1.29 bits per heavy atom. The fourth-order valence-corrected chi connectivity index (χ4v) is 2.20. The lowest BCUT2D eigenvalue weighted by Crippen LogP contribution is -2.04. The third kappa shape index (κ3) is 3.24. The first-order valence-electron chi connectivity index (χ1n) is 6.84. The van der Waals surface area contributed by atoms with Crippen LogP contribution in [0.4, 0.5) is 0 Å². The van der Waals surface area contributed by atoms with Crippen molar-refractivity contribution < 1.29 is 14.3 Å². The van der Waals surface area contributed by atoms with Crippen LogP contribution in [-0.4, -0.2) is 30.3 Å². The Morgan fingerprint density at radius 3 is 2.62 bits per heavy atom. The number of aromatic nitrogens is 2. The van der Waals surface area contributed by atoms with Crippen LogP contribution >= 0.6 is 0 Å². The molecule has 5 heteroatoms. The highest BCUT2D eigenvalue weighted by Crippen LogP contribution is 2.34. The number of aldehydes is 1. The Kier molecular flexibility index (Phi) is 4.62. The fraction of sp³-hybridized carbons (Fsp3) is 0.375. The number of ether oxygens (including phenoxy) is 2. The lowest BCUT2D eigenvalue weighted by Gasteiger charge is -2.09. The number of benzene rings is 1. The van der Waals surface area contributed by atoms with Crippen LogP contribution in [0.1, 0.15) is 24.2 Å². The SMILES string of the molecule is COc1ccc(OC)c(-c2nn(CC(C)C)cc2C=O)c1. The molecule has 0 fully saturated rings. The van der Waals surface area contributed by atoms with Gasteiger partial charge in [-0.25, -0.2) is 0 Å². The summed E-state index contributed by atoms with van der Waals surface area (Å²) in [6.45, 7) is 4.97. The van der Waals surface area contributed by atoms with Crippen LogP contribution in [-0.2, 0) is 6.54 Å². The topological polar surface area (TPSA) is 53.4 Å². The van der Waals surface area contributed by atoms with Crippen LogP contribution in [0.5, 0.6) is 11.5 Å². The molecule has 0 bridgehead atoms. The van der Waals surface area contributed by atoms with E-state index in [9.17, 15) is 4.79 Å². The molecule has 1 aromatic heterocycles. The summed E-state index contributed by atoms with van der Waals surface area (Å²) < 4.78 is 12.4. The van der Waals surface area contributed by atoms with Gasteiger partial charge in [-0.2, -0.15) is 5.10 Å². The lowest BCUT2D eigenvalue weighted by molar-refractivity contribution is 0.112. The van der Waals surface area contributed by atoms with E-state index < -0.39 is 0 Å². The van der Waals surface area contributed by atoms with Crippen molar-refractivity contribution in [3.8, 4) is 22.8 Å². The quantitative estimate of drug-likeness (QED) is 0.767. The average molecular weight is 288 g/mol. The van der Waals surface area contributed by atoms with E-state index in [1.165, 1.54) is 0 Å². The normalized spacial score (nSPS) is 10.7. The van der Waals surface area contributed by atoms with E-state index in [0.29, 0.717) is 28.7 Å². The maximum absolute atomic E-state index is 11.3. The predicted octanol–water partition coefficient (Wildman–Crippen LogP) is 3.04. The molecule has 0 aliphatic heterocycles. The molecule has 5 nitrogen and oxygen atoms in total. The third-order valence-electron chi connectivity index (χ3n) is 3.13. The third-order valence-corrected chi connectivity index (χ3v) is 3.13. The van der Waals surface area contributed by atoms with Crippen molar-refractivity contribution in [2.45, 2.75) is 20.4 Å². The minimum Gasteiger partial charge on any atom is -0.497 e. The first-order valence-corrected chi connectivity index (χ1v) is 6.84.